The van der Waals surface area contributed by atoms with E-state index in [4.69, 9.17) is 9.47 Å². The molecule has 0 unspecified atom stereocenters. The Kier molecular flexibility index (Phi) is 7.93. The fourth-order valence-electron chi connectivity index (χ4n) is 2.88. The second-order valence-electron chi connectivity index (χ2n) is 6.87. The Hall–Kier alpha value is -2.75. The molecular formula is C23H29NO3. The van der Waals surface area contributed by atoms with E-state index in [1.807, 2.05) is 47.4 Å². The van der Waals surface area contributed by atoms with Gasteiger partial charge in [0.25, 0.3) is 0 Å². The first kappa shape index (κ1) is 20.6. The normalized spacial score (nSPS) is 11.0. The minimum absolute atomic E-state index is 0.105. The first-order valence-electron chi connectivity index (χ1n) is 9.23. The van der Waals surface area contributed by atoms with Gasteiger partial charge in [0.05, 0.1) is 20.6 Å². The van der Waals surface area contributed by atoms with Crippen LogP contribution in [-0.2, 0) is 11.2 Å². The zero-order valence-electron chi connectivity index (χ0n) is 16.6. The lowest BCUT2D eigenvalue weighted by molar-refractivity contribution is -0.130. The van der Waals surface area contributed by atoms with Gasteiger partial charge in [0.2, 0.25) is 5.91 Å². The van der Waals surface area contributed by atoms with Crippen molar-refractivity contribution in [2.45, 2.75) is 20.3 Å². The average Bonchev–Trinajstić information content (AvgIpc) is 2.67. The van der Waals surface area contributed by atoms with Crippen molar-refractivity contribution in [3.05, 3.63) is 65.7 Å². The van der Waals surface area contributed by atoms with Crippen molar-refractivity contribution in [3.63, 3.8) is 0 Å². The highest BCUT2D eigenvalue weighted by molar-refractivity contribution is 5.79. The van der Waals surface area contributed by atoms with Crippen molar-refractivity contribution in [3.8, 4) is 11.5 Å². The Bertz CT molecular complexity index is 753. The molecule has 0 N–H and O–H groups in total. The number of ether oxygens (including phenoxy) is 2. The maximum absolute atomic E-state index is 12.9. The highest BCUT2D eigenvalue weighted by atomic mass is 16.5. The van der Waals surface area contributed by atoms with Gasteiger partial charge in [-0.2, -0.15) is 0 Å². The van der Waals surface area contributed by atoms with Crippen molar-refractivity contribution < 1.29 is 14.3 Å². The predicted octanol–water partition coefficient (Wildman–Crippen LogP) is 4.44. The van der Waals surface area contributed by atoms with Crippen LogP contribution in [0.1, 0.15) is 25.0 Å². The number of hydrogen-bond acceptors (Lipinski definition) is 3. The average molecular weight is 367 g/mol. The first-order chi connectivity index (χ1) is 13.0. The standard InChI is InChI=1S/C23H29NO3/c1-18(2)17-24(14-8-11-19-9-6-5-7-10-19)23(25)16-20-12-13-21(26-3)22(15-20)27-4/h5-13,15,18H,14,16-17H2,1-4H3. The van der Waals surface area contributed by atoms with Crippen LogP contribution in [0.2, 0.25) is 0 Å². The number of nitrogens with zero attached hydrogens (tertiary/aromatic N) is 1. The molecule has 0 aliphatic heterocycles. The van der Waals surface area contributed by atoms with Gasteiger partial charge in [-0.05, 0) is 29.2 Å². The predicted molar refractivity (Wildman–Crippen MR) is 110 cm³/mol. The topological polar surface area (TPSA) is 38.8 Å². The maximum Gasteiger partial charge on any atom is 0.227 e. The monoisotopic (exact) mass is 367 g/mol. The third kappa shape index (κ3) is 6.48. The van der Waals surface area contributed by atoms with Crippen LogP contribution in [0.4, 0.5) is 0 Å². The highest BCUT2D eigenvalue weighted by Crippen LogP contribution is 2.27. The number of rotatable bonds is 9. The zero-order chi connectivity index (χ0) is 19.6. The summed E-state index contributed by atoms with van der Waals surface area (Å²) in [6, 6.07) is 15.7. The molecule has 0 aliphatic rings. The summed E-state index contributed by atoms with van der Waals surface area (Å²) in [5.41, 5.74) is 2.05. The van der Waals surface area contributed by atoms with Gasteiger partial charge >= 0.3 is 0 Å². The minimum Gasteiger partial charge on any atom is -0.493 e. The van der Waals surface area contributed by atoms with E-state index in [9.17, 15) is 4.79 Å². The molecule has 0 atom stereocenters. The summed E-state index contributed by atoms with van der Waals surface area (Å²) in [7, 11) is 3.20. The zero-order valence-corrected chi connectivity index (χ0v) is 16.6. The number of benzene rings is 2. The molecule has 2 aromatic carbocycles. The molecule has 0 saturated carbocycles. The van der Waals surface area contributed by atoms with Gasteiger partial charge in [0.15, 0.2) is 11.5 Å². The number of methoxy groups -OCH3 is 2. The van der Waals surface area contributed by atoms with Crippen molar-refractivity contribution in [1.82, 2.24) is 4.90 Å². The van der Waals surface area contributed by atoms with E-state index in [0.29, 0.717) is 30.4 Å². The Morgan fingerprint density at radius 2 is 1.74 bits per heavy atom. The third-order valence-electron chi connectivity index (χ3n) is 4.18. The molecule has 4 heteroatoms. The van der Waals surface area contributed by atoms with Crippen LogP contribution in [0.3, 0.4) is 0 Å². The minimum atomic E-state index is 0.105. The molecule has 0 bridgehead atoms. The van der Waals surface area contributed by atoms with Crippen LogP contribution in [0.15, 0.2) is 54.6 Å². The molecule has 0 radical (unpaired) electrons. The lowest BCUT2D eigenvalue weighted by Gasteiger charge is -2.23. The lowest BCUT2D eigenvalue weighted by atomic mass is 10.1. The number of hydrogen-bond donors (Lipinski definition) is 0. The third-order valence-corrected chi connectivity index (χ3v) is 4.18. The van der Waals surface area contributed by atoms with E-state index < -0.39 is 0 Å². The molecule has 0 aliphatic carbocycles. The van der Waals surface area contributed by atoms with Gasteiger partial charge in [0, 0.05) is 13.1 Å². The van der Waals surface area contributed by atoms with Crippen molar-refractivity contribution in [2.75, 3.05) is 27.3 Å². The summed E-state index contributed by atoms with van der Waals surface area (Å²) in [5.74, 6) is 1.82. The molecule has 0 saturated heterocycles. The summed E-state index contributed by atoms with van der Waals surface area (Å²) in [6.45, 7) is 5.57. The van der Waals surface area contributed by atoms with Crippen LogP contribution in [0.25, 0.3) is 6.08 Å². The Morgan fingerprint density at radius 1 is 1.04 bits per heavy atom. The second kappa shape index (κ2) is 10.4. The molecule has 0 heterocycles. The van der Waals surface area contributed by atoms with Gasteiger partial charge in [-0.15, -0.1) is 0 Å². The summed E-state index contributed by atoms with van der Waals surface area (Å²) in [5, 5.41) is 0. The van der Waals surface area contributed by atoms with E-state index in [-0.39, 0.29) is 5.91 Å². The molecule has 1 amide bonds. The molecule has 144 valence electrons. The molecule has 0 aromatic heterocycles. The van der Waals surface area contributed by atoms with Crippen LogP contribution < -0.4 is 9.47 Å². The van der Waals surface area contributed by atoms with Crippen molar-refractivity contribution in [1.29, 1.82) is 0 Å². The molecule has 4 nitrogen and oxygen atoms in total. The molecule has 27 heavy (non-hydrogen) atoms. The van der Waals surface area contributed by atoms with E-state index >= 15 is 0 Å². The van der Waals surface area contributed by atoms with E-state index in [1.54, 1.807) is 14.2 Å². The maximum atomic E-state index is 12.9. The smallest absolute Gasteiger partial charge is 0.227 e. The van der Waals surface area contributed by atoms with Gasteiger partial charge < -0.3 is 14.4 Å². The molecule has 2 aromatic rings. The van der Waals surface area contributed by atoms with Gasteiger partial charge in [0.1, 0.15) is 0 Å². The molecule has 0 fully saturated rings. The first-order valence-corrected chi connectivity index (χ1v) is 9.23. The molecule has 2 rings (SSSR count). The van der Waals surface area contributed by atoms with Crippen LogP contribution in [-0.4, -0.2) is 38.1 Å². The second-order valence-corrected chi connectivity index (χ2v) is 6.87. The SMILES string of the molecule is COc1ccc(CC(=O)N(CC=Cc2ccccc2)CC(C)C)cc1OC. The Labute approximate surface area is 162 Å². The van der Waals surface area contributed by atoms with E-state index in [1.165, 1.54) is 0 Å². The largest absolute Gasteiger partial charge is 0.493 e. The fourth-order valence-corrected chi connectivity index (χ4v) is 2.88. The lowest BCUT2D eigenvalue weighted by Crippen LogP contribution is -2.35. The van der Waals surface area contributed by atoms with Crippen molar-refractivity contribution >= 4 is 12.0 Å². The number of carbonyl (C=O) groups excluding carboxylic acids is 1. The summed E-state index contributed by atoms with van der Waals surface area (Å²) < 4.78 is 10.6. The Balaban J connectivity index is 2.06. The summed E-state index contributed by atoms with van der Waals surface area (Å²) in [4.78, 5) is 14.8. The van der Waals surface area contributed by atoms with Crippen LogP contribution in [0, 0.1) is 5.92 Å². The van der Waals surface area contributed by atoms with E-state index in [2.05, 4.69) is 32.1 Å². The van der Waals surface area contributed by atoms with Crippen molar-refractivity contribution in [2.24, 2.45) is 5.92 Å². The summed E-state index contributed by atoms with van der Waals surface area (Å²) >= 11 is 0. The number of amides is 1. The summed E-state index contributed by atoms with van der Waals surface area (Å²) in [6.07, 6.45) is 4.44. The van der Waals surface area contributed by atoms with Crippen LogP contribution >= 0.6 is 0 Å². The van der Waals surface area contributed by atoms with Gasteiger partial charge in [-0.25, -0.2) is 0 Å². The van der Waals surface area contributed by atoms with Gasteiger partial charge in [-0.3, -0.25) is 4.79 Å². The van der Waals surface area contributed by atoms with Crippen LogP contribution in [0.5, 0.6) is 11.5 Å². The van der Waals surface area contributed by atoms with E-state index in [0.717, 1.165) is 17.7 Å². The quantitative estimate of drug-likeness (QED) is 0.657. The highest BCUT2D eigenvalue weighted by Gasteiger charge is 2.15. The molecule has 0 spiro atoms. The Morgan fingerprint density at radius 3 is 2.37 bits per heavy atom. The molecular weight excluding hydrogens is 338 g/mol. The number of carbonyl (C=O) groups is 1. The fraction of sp³-hybridized carbons (Fsp3) is 0.348. The van der Waals surface area contributed by atoms with Gasteiger partial charge in [-0.1, -0.05) is 62.4 Å².